The predicted octanol–water partition coefficient (Wildman–Crippen LogP) is 3.62. The van der Waals surface area contributed by atoms with Gasteiger partial charge in [0.25, 0.3) is 5.91 Å². The molecule has 0 aliphatic carbocycles. The van der Waals surface area contributed by atoms with E-state index in [4.69, 9.17) is 16.3 Å². The highest BCUT2D eigenvalue weighted by atomic mass is 35.5. The second kappa shape index (κ2) is 7.76. The molecule has 0 fully saturated rings. The minimum absolute atomic E-state index is 0.242. The lowest BCUT2D eigenvalue weighted by Crippen LogP contribution is -2.23. The topological polar surface area (TPSA) is 67.4 Å². The summed E-state index contributed by atoms with van der Waals surface area (Å²) in [5.74, 6) is -0.596. The molecular weight excluding hydrogens is 316 g/mol. The van der Waals surface area contributed by atoms with Crippen LogP contribution in [0.4, 0.5) is 11.4 Å². The van der Waals surface area contributed by atoms with E-state index in [1.165, 1.54) is 14.0 Å². The summed E-state index contributed by atoms with van der Waals surface area (Å²) in [7, 11) is 1.46. The first-order valence-corrected chi connectivity index (χ1v) is 7.35. The minimum atomic E-state index is -0.764. The number of methoxy groups -OCH3 is 1. The molecule has 1 atom stereocenters. The number of anilines is 2. The molecule has 0 saturated heterocycles. The molecule has 0 bridgehead atoms. The number of carbonyl (C=O) groups is 2. The van der Waals surface area contributed by atoms with Crippen molar-refractivity contribution in [3.8, 4) is 0 Å². The van der Waals surface area contributed by atoms with Gasteiger partial charge < -0.3 is 15.4 Å². The van der Waals surface area contributed by atoms with E-state index in [2.05, 4.69) is 10.6 Å². The fraction of sp³-hybridized carbons (Fsp3) is 0.176. The first-order chi connectivity index (χ1) is 11.0. The van der Waals surface area contributed by atoms with Gasteiger partial charge in [-0.05, 0) is 23.8 Å². The molecule has 2 aromatic rings. The van der Waals surface area contributed by atoms with E-state index in [1.54, 1.807) is 30.3 Å². The fourth-order valence-corrected chi connectivity index (χ4v) is 2.31. The summed E-state index contributed by atoms with van der Waals surface area (Å²) in [6.45, 7) is 1.39. The van der Waals surface area contributed by atoms with Crippen molar-refractivity contribution in [1.82, 2.24) is 0 Å². The van der Waals surface area contributed by atoms with E-state index in [0.29, 0.717) is 16.4 Å². The Morgan fingerprint density at radius 1 is 1.04 bits per heavy atom. The average Bonchev–Trinajstić information content (AvgIpc) is 2.51. The van der Waals surface area contributed by atoms with E-state index < -0.39 is 6.10 Å². The van der Waals surface area contributed by atoms with Crippen molar-refractivity contribution in [2.45, 2.75) is 13.0 Å². The number of benzene rings is 2. The van der Waals surface area contributed by atoms with E-state index >= 15 is 0 Å². The van der Waals surface area contributed by atoms with Gasteiger partial charge in [0.2, 0.25) is 5.91 Å². The van der Waals surface area contributed by atoms with Gasteiger partial charge in [-0.25, -0.2) is 0 Å². The highest BCUT2D eigenvalue weighted by Gasteiger charge is 2.21. The summed E-state index contributed by atoms with van der Waals surface area (Å²) in [6.07, 6.45) is -0.764. The van der Waals surface area contributed by atoms with Gasteiger partial charge in [-0.3, -0.25) is 9.59 Å². The maximum atomic E-state index is 12.5. The van der Waals surface area contributed by atoms with Crippen LogP contribution in [0.15, 0.2) is 48.5 Å². The van der Waals surface area contributed by atoms with Gasteiger partial charge in [0.1, 0.15) is 0 Å². The molecule has 2 N–H and O–H groups in total. The van der Waals surface area contributed by atoms with E-state index in [0.717, 1.165) is 5.56 Å². The Kier molecular flexibility index (Phi) is 5.73. The number of amides is 2. The Balaban J connectivity index is 2.25. The van der Waals surface area contributed by atoms with Crippen LogP contribution in [-0.4, -0.2) is 18.9 Å². The van der Waals surface area contributed by atoms with Crippen molar-refractivity contribution in [3.05, 3.63) is 59.1 Å². The molecule has 0 saturated carbocycles. The number of halogens is 1. The molecular formula is C17H17ClN2O3. The third-order valence-corrected chi connectivity index (χ3v) is 3.36. The smallest absolute Gasteiger partial charge is 0.258 e. The molecule has 23 heavy (non-hydrogen) atoms. The van der Waals surface area contributed by atoms with Crippen LogP contribution in [-0.2, 0) is 14.3 Å². The second-order valence-electron chi connectivity index (χ2n) is 4.89. The van der Waals surface area contributed by atoms with Crippen LogP contribution in [0, 0.1) is 0 Å². The monoisotopic (exact) mass is 332 g/mol. The van der Waals surface area contributed by atoms with Gasteiger partial charge in [0.15, 0.2) is 6.10 Å². The lowest BCUT2D eigenvalue weighted by atomic mass is 10.1. The van der Waals surface area contributed by atoms with Crippen molar-refractivity contribution < 1.29 is 14.3 Å². The number of ether oxygens (including phenoxy) is 1. The van der Waals surface area contributed by atoms with E-state index in [1.807, 2.05) is 18.2 Å². The Morgan fingerprint density at radius 2 is 1.74 bits per heavy atom. The molecule has 0 aromatic heterocycles. The summed E-state index contributed by atoms with van der Waals surface area (Å²) in [5.41, 5.74) is 1.62. The maximum absolute atomic E-state index is 12.5. The molecule has 0 aliphatic rings. The van der Waals surface area contributed by atoms with Crippen LogP contribution >= 0.6 is 11.6 Å². The summed E-state index contributed by atoms with van der Waals surface area (Å²) in [4.78, 5) is 23.8. The van der Waals surface area contributed by atoms with Gasteiger partial charge in [-0.1, -0.05) is 41.9 Å². The second-order valence-corrected chi connectivity index (χ2v) is 5.32. The van der Waals surface area contributed by atoms with Crippen LogP contribution in [0.1, 0.15) is 18.6 Å². The van der Waals surface area contributed by atoms with Crippen molar-refractivity contribution in [1.29, 1.82) is 0 Å². The van der Waals surface area contributed by atoms with E-state index in [-0.39, 0.29) is 11.8 Å². The molecule has 2 amide bonds. The standard InChI is InChI=1S/C17H17ClN2O3/c1-11(21)19-14-9-8-13(18)10-15(14)20-17(22)16(23-2)12-6-4-3-5-7-12/h3-10,16H,1-2H3,(H,19,21)(H,20,22)/t16-/m0/s1. The van der Waals surface area contributed by atoms with Crippen molar-refractivity contribution >= 4 is 34.8 Å². The summed E-state index contributed by atoms with van der Waals surface area (Å²) >= 11 is 5.97. The molecule has 120 valence electrons. The summed E-state index contributed by atoms with van der Waals surface area (Å²) < 4.78 is 5.29. The molecule has 2 aromatic carbocycles. The number of hydrogen-bond acceptors (Lipinski definition) is 3. The number of rotatable bonds is 5. The zero-order valence-electron chi connectivity index (χ0n) is 12.8. The zero-order valence-corrected chi connectivity index (χ0v) is 13.6. The highest BCUT2D eigenvalue weighted by Crippen LogP contribution is 2.27. The average molecular weight is 333 g/mol. The van der Waals surface area contributed by atoms with Crippen LogP contribution in [0.3, 0.4) is 0 Å². The van der Waals surface area contributed by atoms with Crippen LogP contribution in [0.5, 0.6) is 0 Å². The third kappa shape index (κ3) is 4.55. The van der Waals surface area contributed by atoms with Gasteiger partial charge in [0.05, 0.1) is 11.4 Å². The third-order valence-electron chi connectivity index (χ3n) is 3.13. The van der Waals surface area contributed by atoms with Crippen LogP contribution in [0.25, 0.3) is 0 Å². The Labute approximate surface area is 139 Å². The lowest BCUT2D eigenvalue weighted by molar-refractivity contribution is -0.126. The first kappa shape index (κ1) is 17.0. The largest absolute Gasteiger partial charge is 0.367 e. The van der Waals surface area contributed by atoms with Gasteiger partial charge in [-0.15, -0.1) is 0 Å². The number of hydrogen-bond donors (Lipinski definition) is 2. The number of nitrogens with one attached hydrogen (secondary N) is 2. The molecule has 0 heterocycles. The Morgan fingerprint density at radius 3 is 2.35 bits per heavy atom. The summed E-state index contributed by atoms with van der Waals surface area (Å²) in [5, 5.41) is 5.84. The Bertz CT molecular complexity index is 704. The lowest BCUT2D eigenvalue weighted by Gasteiger charge is -2.17. The fourth-order valence-electron chi connectivity index (χ4n) is 2.14. The molecule has 0 unspecified atom stereocenters. The SMILES string of the molecule is CO[C@H](C(=O)Nc1cc(Cl)ccc1NC(C)=O)c1ccccc1. The molecule has 5 nitrogen and oxygen atoms in total. The van der Waals surface area contributed by atoms with E-state index in [9.17, 15) is 9.59 Å². The van der Waals surface area contributed by atoms with Crippen molar-refractivity contribution in [3.63, 3.8) is 0 Å². The predicted molar refractivity (Wildman–Crippen MR) is 90.6 cm³/mol. The first-order valence-electron chi connectivity index (χ1n) is 6.97. The molecule has 0 radical (unpaired) electrons. The van der Waals surface area contributed by atoms with Crippen molar-refractivity contribution in [2.75, 3.05) is 17.7 Å². The Hall–Kier alpha value is -2.37. The normalized spacial score (nSPS) is 11.6. The summed E-state index contributed by atoms with van der Waals surface area (Å²) in [6, 6.07) is 14.0. The molecule has 6 heteroatoms. The van der Waals surface area contributed by atoms with Crippen LogP contribution in [0.2, 0.25) is 5.02 Å². The van der Waals surface area contributed by atoms with Gasteiger partial charge in [0, 0.05) is 19.1 Å². The van der Waals surface area contributed by atoms with Gasteiger partial charge >= 0.3 is 0 Å². The maximum Gasteiger partial charge on any atom is 0.258 e. The van der Waals surface area contributed by atoms with Gasteiger partial charge in [-0.2, -0.15) is 0 Å². The number of carbonyl (C=O) groups excluding carboxylic acids is 2. The minimum Gasteiger partial charge on any atom is -0.367 e. The molecule has 0 aliphatic heterocycles. The highest BCUT2D eigenvalue weighted by molar-refractivity contribution is 6.31. The zero-order chi connectivity index (χ0) is 16.8. The van der Waals surface area contributed by atoms with Crippen molar-refractivity contribution in [2.24, 2.45) is 0 Å². The van der Waals surface area contributed by atoms with Crippen LogP contribution < -0.4 is 10.6 Å². The molecule has 2 rings (SSSR count). The molecule has 0 spiro atoms. The quantitative estimate of drug-likeness (QED) is 0.878.